The van der Waals surface area contributed by atoms with Crippen LogP contribution in [0, 0.1) is 5.41 Å². The Labute approximate surface area is 110 Å². The minimum absolute atomic E-state index is 0.00601. The van der Waals surface area contributed by atoms with Crippen molar-refractivity contribution < 1.29 is 4.79 Å². The molecule has 1 fully saturated rings. The maximum atomic E-state index is 12.3. The molecule has 1 N–H and O–H groups in total. The third kappa shape index (κ3) is 3.02. The van der Waals surface area contributed by atoms with Gasteiger partial charge in [0, 0.05) is 18.5 Å². The molecule has 1 saturated heterocycles. The van der Waals surface area contributed by atoms with E-state index in [9.17, 15) is 4.79 Å². The van der Waals surface area contributed by atoms with E-state index in [4.69, 9.17) is 0 Å². The monoisotopic (exact) mass is 248 g/mol. The van der Waals surface area contributed by atoms with Crippen LogP contribution in [0.4, 0.5) is 0 Å². The van der Waals surface area contributed by atoms with Crippen molar-refractivity contribution in [3.63, 3.8) is 0 Å². The summed E-state index contributed by atoms with van der Waals surface area (Å²) in [6, 6.07) is 0.00601. The predicted molar refractivity (Wildman–Crippen MR) is 74.3 cm³/mol. The molecule has 1 aliphatic heterocycles. The number of carbonyl (C=O) groups is 1. The van der Waals surface area contributed by atoms with Crippen molar-refractivity contribution >= 4 is 5.91 Å². The first-order valence-corrected chi connectivity index (χ1v) is 6.89. The highest BCUT2D eigenvalue weighted by Crippen LogP contribution is 2.28. The van der Waals surface area contributed by atoms with E-state index in [0.717, 1.165) is 32.4 Å². The Morgan fingerprint density at radius 3 is 2.83 bits per heavy atom. The first kappa shape index (κ1) is 13.3. The molecular weight excluding hydrogens is 224 g/mol. The van der Waals surface area contributed by atoms with Crippen LogP contribution >= 0.6 is 0 Å². The van der Waals surface area contributed by atoms with E-state index in [2.05, 4.69) is 37.4 Å². The van der Waals surface area contributed by atoms with E-state index in [1.54, 1.807) is 0 Å². The van der Waals surface area contributed by atoms with E-state index in [-0.39, 0.29) is 17.4 Å². The van der Waals surface area contributed by atoms with Crippen LogP contribution in [0.2, 0.25) is 0 Å². The van der Waals surface area contributed by atoms with E-state index in [0.29, 0.717) is 0 Å². The van der Waals surface area contributed by atoms with Gasteiger partial charge in [-0.05, 0) is 31.9 Å². The van der Waals surface area contributed by atoms with Gasteiger partial charge in [0.1, 0.15) is 0 Å². The van der Waals surface area contributed by atoms with Crippen molar-refractivity contribution in [2.24, 2.45) is 5.41 Å². The van der Waals surface area contributed by atoms with Gasteiger partial charge in [0.05, 0.1) is 6.04 Å². The van der Waals surface area contributed by atoms with Gasteiger partial charge in [-0.1, -0.05) is 32.1 Å². The summed E-state index contributed by atoms with van der Waals surface area (Å²) < 4.78 is 0. The maximum Gasteiger partial charge on any atom is 0.239 e. The van der Waals surface area contributed by atoms with E-state index in [1.807, 2.05) is 11.9 Å². The number of amides is 1. The number of hydrogen-bond acceptors (Lipinski definition) is 2. The number of hydrogen-bond donors (Lipinski definition) is 1. The molecule has 1 atom stereocenters. The van der Waals surface area contributed by atoms with Crippen molar-refractivity contribution in [2.75, 3.05) is 20.1 Å². The van der Waals surface area contributed by atoms with Crippen LogP contribution < -0.4 is 5.32 Å². The molecule has 0 bridgehead atoms. The fourth-order valence-corrected chi connectivity index (χ4v) is 2.74. The Hall–Kier alpha value is -1.09. The first-order chi connectivity index (χ1) is 8.52. The molecule has 2 rings (SSSR count). The Bertz CT molecular complexity index is 382. The molecule has 100 valence electrons. The van der Waals surface area contributed by atoms with E-state index >= 15 is 0 Å². The van der Waals surface area contributed by atoms with Crippen LogP contribution in [0.15, 0.2) is 23.8 Å². The number of rotatable bonds is 3. The molecule has 0 saturated carbocycles. The van der Waals surface area contributed by atoms with Gasteiger partial charge in [-0.2, -0.15) is 0 Å². The molecule has 0 spiro atoms. The average molecular weight is 248 g/mol. The largest absolute Gasteiger partial charge is 0.337 e. The third-order valence-electron chi connectivity index (χ3n) is 3.79. The highest BCUT2D eigenvalue weighted by Gasteiger charge is 2.27. The van der Waals surface area contributed by atoms with Gasteiger partial charge >= 0.3 is 0 Å². The lowest BCUT2D eigenvalue weighted by molar-refractivity contribution is -0.132. The van der Waals surface area contributed by atoms with Gasteiger partial charge in [-0.25, -0.2) is 0 Å². The molecule has 2 aliphatic rings. The van der Waals surface area contributed by atoms with Crippen molar-refractivity contribution in [2.45, 2.75) is 39.2 Å². The minimum atomic E-state index is 0.00601. The second-order valence-electron chi connectivity index (χ2n) is 5.97. The Balaban J connectivity index is 2.04. The fourth-order valence-electron chi connectivity index (χ4n) is 2.74. The highest BCUT2D eigenvalue weighted by molar-refractivity contribution is 5.82. The zero-order valence-electron chi connectivity index (χ0n) is 11.7. The predicted octanol–water partition coefficient (Wildman–Crippen LogP) is 2.11. The van der Waals surface area contributed by atoms with Gasteiger partial charge in [0.2, 0.25) is 5.91 Å². The fraction of sp³-hybridized carbons (Fsp3) is 0.667. The standard InChI is InChI=1S/C15H24N2O/c1-15(2)8-7-12(10-15)11-17-9-5-4-6-13(16-3)14(17)18/h7-8,10,13,16H,4-6,9,11H2,1-3H3. The van der Waals surface area contributed by atoms with Crippen molar-refractivity contribution in [3.8, 4) is 0 Å². The van der Waals surface area contributed by atoms with Crippen LogP contribution in [-0.2, 0) is 4.79 Å². The van der Waals surface area contributed by atoms with Crippen LogP contribution in [0.1, 0.15) is 33.1 Å². The summed E-state index contributed by atoms with van der Waals surface area (Å²) in [6.45, 7) is 6.04. The van der Waals surface area contributed by atoms with Crippen LogP contribution in [0.5, 0.6) is 0 Å². The number of nitrogens with zero attached hydrogens (tertiary/aromatic N) is 1. The summed E-state index contributed by atoms with van der Waals surface area (Å²) in [5.74, 6) is 0.258. The molecule has 3 heteroatoms. The number of likely N-dealkylation sites (tertiary alicyclic amines) is 1. The molecule has 1 heterocycles. The topological polar surface area (TPSA) is 32.3 Å². The first-order valence-electron chi connectivity index (χ1n) is 6.89. The molecule has 0 aromatic carbocycles. The van der Waals surface area contributed by atoms with Gasteiger partial charge in [-0.15, -0.1) is 0 Å². The third-order valence-corrected chi connectivity index (χ3v) is 3.79. The molecule has 1 aliphatic carbocycles. The highest BCUT2D eigenvalue weighted by atomic mass is 16.2. The van der Waals surface area contributed by atoms with Crippen LogP contribution in [-0.4, -0.2) is 37.0 Å². The van der Waals surface area contributed by atoms with Crippen molar-refractivity contribution in [3.05, 3.63) is 23.8 Å². The Kier molecular flexibility index (Phi) is 3.91. The summed E-state index contributed by atoms with van der Waals surface area (Å²) in [7, 11) is 1.88. The molecule has 0 radical (unpaired) electrons. The zero-order valence-corrected chi connectivity index (χ0v) is 11.7. The van der Waals surface area contributed by atoms with Gasteiger partial charge in [-0.3, -0.25) is 4.79 Å². The summed E-state index contributed by atoms with van der Waals surface area (Å²) in [5.41, 5.74) is 1.41. The number of likely N-dealkylation sites (N-methyl/N-ethyl adjacent to an activating group) is 1. The average Bonchev–Trinajstić information content (AvgIpc) is 2.56. The molecular formula is C15H24N2O. The quantitative estimate of drug-likeness (QED) is 0.829. The lowest BCUT2D eigenvalue weighted by atomic mass is 9.96. The molecule has 0 aromatic rings. The molecule has 0 aromatic heterocycles. The van der Waals surface area contributed by atoms with Crippen LogP contribution in [0.25, 0.3) is 0 Å². The summed E-state index contributed by atoms with van der Waals surface area (Å²) >= 11 is 0. The molecule has 1 amide bonds. The normalized spacial score (nSPS) is 27.3. The Morgan fingerprint density at radius 2 is 2.22 bits per heavy atom. The number of allylic oxidation sites excluding steroid dienone is 2. The number of nitrogens with one attached hydrogen (secondary N) is 1. The van der Waals surface area contributed by atoms with E-state index in [1.165, 1.54) is 5.57 Å². The lowest BCUT2D eigenvalue weighted by Gasteiger charge is -2.24. The summed E-state index contributed by atoms with van der Waals surface area (Å²) in [5, 5.41) is 3.14. The van der Waals surface area contributed by atoms with Gasteiger partial charge in [0.15, 0.2) is 0 Å². The maximum absolute atomic E-state index is 12.3. The SMILES string of the molecule is CNC1CCCCN(CC2=CC(C)(C)C=C2)C1=O. The number of carbonyl (C=O) groups excluding carboxylic acids is 1. The molecule has 1 unspecified atom stereocenters. The lowest BCUT2D eigenvalue weighted by Crippen LogP contribution is -2.44. The second-order valence-corrected chi connectivity index (χ2v) is 5.97. The van der Waals surface area contributed by atoms with Gasteiger partial charge in [0.25, 0.3) is 0 Å². The molecule has 3 nitrogen and oxygen atoms in total. The molecule has 18 heavy (non-hydrogen) atoms. The summed E-state index contributed by atoms with van der Waals surface area (Å²) in [6.07, 6.45) is 9.84. The smallest absolute Gasteiger partial charge is 0.239 e. The van der Waals surface area contributed by atoms with Crippen molar-refractivity contribution in [1.82, 2.24) is 10.2 Å². The second kappa shape index (κ2) is 5.27. The van der Waals surface area contributed by atoms with Crippen LogP contribution in [0.3, 0.4) is 0 Å². The minimum Gasteiger partial charge on any atom is -0.337 e. The summed E-state index contributed by atoms with van der Waals surface area (Å²) in [4.78, 5) is 14.3. The Morgan fingerprint density at radius 1 is 1.44 bits per heavy atom. The van der Waals surface area contributed by atoms with Crippen molar-refractivity contribution in [1.29, 1.82) is 0 Å². The van der Waals surface area contributed by atoms with E-state index < -0.39 is 0 Å². The van der Waals surface area contributed by atoms with Gasteiger partial charge < -0.3 is 10.2 Å². The zero-order chi connectivity index (χ0) is 13.2.